The molecule has 0 bridgehead atoms. The van der Waals surface area contributed by atoms with E-state index in [1.54, 1.807) is 10.0 Å². The van der Waals surface area contributed by atoms with Gasteiger partial charge < -0.3 is 20.9 Å². The maximum atomic E-state index is 6.13. The highest BCUT2D eigenvalue weighted by Gasteiger charge is 2.32. The molecule has 10 heteroatoms. The van der Waals surface area contributed by atoms with Crippen molar-refractivity contribution in [3.63, 3.8) is 0 Å². The van der Waals surface area contributed by atoms with Crippen LogP contribution in [0.5, 0.6) is 11.5 Å². The Hall–Kier alpha value is -4.80. The predicted molar refractivity (Wildman–Crippen MR) is 201 cm³/mol. The number of hydrogen-bond donors (Lipinski definition) is 2. The van der Waals surface area contributed by atoms with Crippen LogP contribution in [0.25, 0.3) is 0 Å². The van der Waals surface area contributed by atoms with Crippen LogP contribution in [-0.4, -0.2) is 44.9 Å². The molecule has 2 atom stereocenters. The fraction of sp³-hybridized carbons (Fsp3) is 0.263. The average molecular weight is 677 g/mol. The first-order chi connectivity index (χ1) is 23.2. The van der Waals surface area contributed by atoms with E-state index < -0.39 is 0 Å². The van der Waals surface area contributed by atoms with Crippen molar-refractivity contribution >= 4 is 46.1 Å². The summed E-state index contributed by atoms with van der Waals surface area (Å²) in [6.07, 6.45) is 3.11. The van der Waals surface area contributed by atoms with Crippen LogP contribution >= 0.6 is 24.4 Å². The minimum absolute atomic E-state index is 0.0796. The number of nitrogens with zero attached hydrogens (tertiary/aromatic N) is 4. The van der Waals surface area contributed by atoms with Crippen molar-refractivity contribution in [1.82, 2.24) is 10.0 Å². The summed E-state index contributed by atoms with van der Waals surface area (Å²) < 4.78 is 12.3. The molecule has 0 saturated carbocycles. The molecule has 2 aliphatic rings. The van der Waals surface area contributed by atoms with Crippen molar-refractivity contribution in [2.75, 3.05) is 13.2 Å². The molecule has 0 aliphatic carbocycles. The molecular formula is C38H40N6O2S2. The Bertz CT molecular complexity index is 1710. The molecule has 4 N–H and O–H groups in total. The zero-order valence-electron chi connectivity index (χ0n) is 27.2. The third kappa shape index (κ3) is 7.83. The summed E-state index contributed by atoms with van der Waals surface area (Å²) in [6.45, 7) is 5.30. The lowest BCUT2D eigenvalue weighted by Gasteiger charge is -2.22. The molecule has 2 unspecified atom stereocenters. The molecule has 2 heterocycles. The summed E-state index contributed by atoms with van der Waals surface area (Å²) in [5.41, 5.74) is 20.8. The normalized spacial score (nSPS) is 17.2. The second-order valence-corrected chi connectivity index (χ2v) is 13.0. The molecule has 0 spiro atoms. The monoisotopic (exact) mass is 676 g/mol. The molecule has 0 amide bonds. The van der Waals surface area contributed by atoms with E-state index in [9.17, 15) is 0 Å². The highest BCUT2D eigenvalue weighted by Crippen LogP contribution is 2.35. The Morgan fingerprint density at radius 1 is 0.646 bits per heavy atom. The largest absolute Gasteiger partial charge is 0.494 e. The lowest BCUT2D eigenvalue weighted by atomic mass is 9.98. The molecule has 48 heavy (non-hydrogen) atoms. The maximum Gasteiger partial charge on any atom is 0.187 e. The SMILES string of the molecule is Cc1ccc(C2=NN(C(N)=S)C(c3cccc(OCCCCOc4cccc(C5CC(c6ccc(C)cc6)=NN5C(N)=S)c4)c3)C2)cc1. The van der Waals surface area contributed by atoms with Crippen LogP contribution in [0.4, 0.5) is 0 Å². The van der Waals surface area contributed by atoms with E-state index in [-0.39, 0.29) is 22.3 Å². The number of rotatable bonds is 11. The van der Waals surface area contributed by atoms with E-state index in [2.05, 4.69) is 86.6 Å². The lowest BCUT2D eigenvalue weighted by Crippen LogP contribution is -2.31. The van der Waals surface area contributed by atoms with Gasteiger partial charge in [0.05, 0.1) is 36.7 Å². The Labute approximate surface area is 293 Å². The molecular weight excluding hydrogens is 637 g/mol. The highest BCUT2D eigenvalue weighted by molar-refractivity contribution is 7.80. The standard InChI is InChI=1S/C38H40N6O2S2/c1-25-11-15-27(16-12-25)33-23-35(43(41-33)37(39)47)29-7-5-9-31(21-29)45-19-3-4-20-46-32-10-6-8-30(22-32)36-24-34(42-44(36)38(40)48)28-17-13-26(2)14-18-28/h5-18,21-22,35-36H,3-4,19-20,23-24H2,1-2H3,(H2,39,47)(H2,40,48). The van der Waals surface area contributed by atoms with Crippen LogP contribution in [0.1, 0.15) is 71.1 Å². The van der Waals surface area contributed by atoms with Gasteiger partial charge >= 0.3 is 0 Å². The third-order valence-electron chi connectivity index (χ3n) is 8.60. The quantitative estimate of drug-likeness (QED) is 0.126. The van der Waals surface area contributed by atoms with Gasteiger partial charge in [-0.05, 0) is 97.6 Å². The van der Waals surface area contributed by atoms with Crippen LogP contribution in [0.15, 0.2) is 107 Å². The van der Waals surface area contributed by atoms with Gasteiger partial charge in [0.1, 0.15) is 11.5 Å². The number of nitrogens with two attached hydrogens (primary N) is 2. The molecule has 4 aromatic rings. The lowest BCUT2D eigenvalue weighted by molar-refractivity contribution is 0.265. The minimum Gasteiger partial charge on any atom is -0.494 e. The summed E-state index contributed by atoms with van der Waals surface area (Å²) in [5.74, 6) is 1.61. The molecule has 0 saturated heterocycles. The zero-order valence-corrected chi connectivity index (χ0v) is 28.8. The summed E-state index contributed by atoms with van der Waals surface area (Å²) in [6, 6.07) is 32.8. The van der Waals surface area contributed by atoms with E-state index in [0.29, 0.717) is 26.1 Å². The molecule has 6 rings (SSSR count). The van der Waals surface area contributed by atoms with Crippen LogP contribution in [-0.2, 0) is 0 Å². The number of unbranched alkanes of at least 4 members (excludes halogenated alkanes) is 1. The molecule has 0 radical (unpaired) electrons. The smallest absolute Gasteiger partial charge is 0.187 e. The third-order valence-corrected chi connectivity index (χ3v) is 8.98. The van der Waals surface area contributed by atoms with Crippen molar-refractivity contribution in [3.05, 3.63) is 130 Å². The van der Waals surface area contributed by atoms with Crippen molar-refractivity contribution in [1.29, 1.82) is 0 Å². The summed E-state index contributed by atoms with van der Waals surface area (Å²) >= 11 is 10.7. The number of aryl methyl sites for hydroxylation is 2. The second-order valence-electron chi connectivity index (χ2n) is 12.2. The van der Waals surface area contributed by atoms with Crippen molar-refractivity contribution in [2.24, 2.45) is 21.7 Å². The average Bonchev–Trinajstić information content (AvgIpc) is 3.74. The first-order valence-corrected chi connectivity index (χ1v) is 17.0. The fourth-order valence-electron chi connectivity index (χ4n) is 5.99. The van der Waals surface area contributed by atoms with Crippen molar-refractivity contribution < 1.29 is 9.47 Å². The van der Waals surface area contributed by atoms with Gasteiger partial charge in [0, 0.05) is 12.8 Å². The maximum absolute atomic E-state index is 6.13. The van der Waals surface area contributed by atoms with Crippen LogP contribution in [0.2, 0.25) is 0 Å². The molecule has 246 valence electrons. The number of thiocarbonyl (C=S) groups is 2. The van der Waals surface area contributed by atoms with Crippen molar-refractivity contribution in [3.8, 4) is 11.5 Å². The van der Waals surface area contributed by atoms with Gasteiger partial charge in [-0.3, -0.25) is 0 Å². The van der Waals surface area contributed by atoms with Crippen LogP contribution in [0, 0.1) is 13.8 Å². The van der Waals surface area contributed by atoms with Gasteiger partial charge in [0.2, 0.25) is 0 Å². The molecule has 4 aromatic carbocycles. The number of hydrazone groups is 2. The Kier molecular flexibility index (Phi) is 10.3. The number of benzene rings is 4. The topological polar surface area (TPSA) is 102 Å². The Morgan fingerprint density at radius 3 is 1.42 bits per heavy atom. The van der Waals surface area contributed by atoms with Crippen LogP contribution in [0.3, 0.4) is 0 Å². The predicted octanol–water partition coefficient (Wildman–Crippen LogP) is 7.33. The van der Waals surface area contributed by atoms with Gasteiger partial charge in [0.15, 0.2) is 10.2 Å². The second kappa shape index (κ2) is 15.0. The number of hydrogen-bond acceptors (Lipinski definition) is 6. The van der Waals surface area contributed by atoms with E-state index >= 15 is 0 Å². The van der Waals surface area contributed by atoms with Gasteiger partial charge in [-0.15, -0.1) is 0 Å². The van der Waals surface area contributed by atoms with E-state index in [0.717, 1.165) is 58.0 Å². The first kappa shape index (κ1) is 33.1. The van der Waals surface area contributed by atoms with E-state index in [1.165, 1.54) is 11.1 Å². The molecule has 8 nitrogen and oxygen atoms in total. The van der Waals surface area contributed by atoms with Gasteiger partial charge in [0.25, 0.3) is 0 Å². The molecule has 2 aliphatic heterocycles. The minimum atomic E-state index is -0.0796. The van der Waals surface area contributed by atoms with Gasteiger partial charge in [-0.2, -0.15) is 10.2 Å². The fourth-order valence-corrected chi connectivity index (χ4v) is 6.33. The Morgan fingerprint density at radius 2 is 1.04 bits per heavy atom. The molecule has 0 fully saturated rings. The zero-order chi connectivity index (χ0) is 33.6. The van der Waals surface area contributed by atoms with Crippen molar-refractivity contribution in [2.45, 2.75) is 51.6 Å². The molecule has 0 aromatic heterocycles. The summed E-state index contributed by atoms with van der Waals surface area (Å²) in [7, 11) is 0. The van der Waals surface area contributed by atoms with E-state index in [4.69, 9.17) is 55.6 Å². The van der Waals surface area contributed by atoms with Gasteiger partial charge in [-0.1, -0.05) is 83.9 Å². The summed E-state index contributed by atoms with van der Waals surface area (Å²) in [4.78, 5) is 0. The Balaban J connectivity index is 0.992. The van der Waals surface area contributed by atoms with Crippen LogP contribution < -0.4 is 20.9 Å². The number of ether oxygens (including phenoxy) is 2. The van der Waals surface area contributed by atoms with E-state index in [1.807, 2.05) is 24.3 Å². The summed E-state index contributed by atoms with van der Waals surface area (Å²) in [5, 5.41) is 13.5. The van der Waals surface area contributed by atoms with Gasteiger partial charge in [-0.25, -0.2) is 10.0 Å². The highest BCUT2D eigenvalue weighted by atomic mass is 32.1. The first-order valence-electron chi connectivity index (χ1n) is 16.2.